The number of rotatable bonds is 1. The quantitative estimate of drug-likeness (QED) is 0.433. The van der Waals surface area contributed by atoms with E-state index >= 15 is 0 Å². The summed E-state index contributed by atoms with van der Waals surface area (Å²) in [6, 6.07) is 0. The van der Waals surface area contributed by atoms with Crippen LogP contribution in [0.15, 0.2) is 0 Å². The van der Waals surface area contributed by atoms with E-state index in [0.717, 1.165) is 0 Å². The SMILES string of the molecule is [3H]P(P)[As](C)P. The fourth-order valence-corrected chi connectivity index (χ4v) is 0. The fourth-order valence-electron chi connectivity index (χ4n) is 0. The summed E-state index contributed by atoms with van der Waals surface area (Å²) in [7, 11) is 5.29. The van der Waals surface area contributed by atoms with Crippen LogP contribution in [0.5, 0.6) is 0 Å². The zero-order valence-electron chi connectivity index (χ0n) is 4.05. The van der Waals surface area contributed by atoms with E-state index in [0.29, 0.717) is 0 Å². The average Bonchev–Trinajstić information content (AvgIpc) is 1.36. The van der Waals surface area contributed by atoms with Crippen LogP contribution in [0.25, 0.3) is 0 Å². The third kappa shape index (κ3) is 5.85. The fraction of sp³-hybridized carbons (Fsp3) is 1.00. The Balaban J connectivity index is 2.99. The van der Waals surface area contributed by atoms with E-state index in [4.69, 9.17) is 1.28 Å². The molecule has 0 aromatic rings. The van der Waals surface area contributed by atoms with Gasteiger partial charge in [0.2, 0.25) is 0 Å². The maximum atomic E-state index is 7.10. The molecule has 32 valence electrons. The molecule has 0 spiro atoms. The standard InChI is InChI=1S/CH8AsP3/c1-2(3)5-4/h5H,3-4H2,1H3/i5T. The van der Waals surface area contributed by atoms with Crippen LogP contribution in [-0.4, -0.2) is 15.0 Å². The molecular weight excluding hydrogens is 180 g/mol. The van der Waals surface area contributed by atoms with Gasteiger partial charge in [-0.3, -0.25) is 0 Å². The van der Waals surface area contributed by atoms with Crippen LogP contribution in [0.4, 0.5) is 0 Å². The topological polar surface area (TPSA) is 0 Å². The first-order valence-electron chi connectivity index (χ1n) is 1.61. The summed E-state index contributed by atoms with van der Waals surface area (Å²) in [5, 5.41) is 0. The second kappa shape index (κ2) is 4.02. The summed E-state index contributed by atoms with van der Waals surface area (Å²) in [6.07, 6.45) is 0. The minimum absolute atomic E-state index is 0.384. The van der Waals surface area contributed by atoms with Gasteiger partial charge in [0.1, 0.15) is 0 Å². The zero-order valence-corrected chi connectivity index (χ0v) is 8.13. The molecule has 0 nitrogen and oxygen atoms in total. The predicted octanol–water partition coefficient (Wildman–Crippen LogP) is 1.45. The molecule has 0 aromatic heterocycles. The van der Waals surface area contributed by atoms with E-state index in [1.165, 1.54) is 0 Å². The molecule has 0 saturated carbocycles. The molecule has 0 heterocycles. The van der Waals surface area contributed by atoms with Crippen molar-refractivity contribution in [1.82, 2.24) is 0 Å². The summed E-state index contributed by atoms with van der Waals surface area (Å²) in [5.41, 5.74) is 2.17. The van der Waals surface area contributed by atoms with Crippen molar-refractivity contribution in [3.8, 4) is 0 Å². The summed E-state index contributed by atoms with van der Waals surface area (Å²) < 4.78 is 7.10. The van der Waals surface area contributed by atoms with Crippen LogP contribution >= 0.6 is 23.5 Å². The second-order valence-corrected chi connectivity index (χ2v) is 17.9. The van der Waals surface area contributed by atoms with Gasteiger partial charge < -0.3 is 0 Å². The van der Waals surface area contributed by atoms with E-state index < -0.39 is 13.7 Å². The molecule has 0 N–H and O–H groups in total. The summed E-state index contributed by atoms with van der Waals surface area (Å²) in [6.45, 7) is -0.384. The Morgan fingerprint density at radius 3 is 2.40 bits per heavy atom. The van der Waals surface area contributed by atoms with Crippen molar-refractivity contribution in [2.24, 2.45) is 0 Å². The maximum absolute atomic E-state index is 7.10. The first-order valence-corrected chi connectivity index (χ1v) is 11.8. The molecule has 0 bridgehead atoms. The van der Waals surface area contributed by atoms with Gasteiger partial charge in [-0.2, -0.15) is 0 Å². The molecule has 0 fully saturated rings. The summed E-state index contributed by atoms with van der Waals surface area (Å²) in [5.74, 6) is 0. The molecule has 4 heteroatoms. The van der Waals surface area contributed by atoms with Crippen molar-refractivity contribution in [2.45, 2.75) is 5.71 Å². The molecule has 0 aromatic carbocycles. The molecule has 0 aliphatic heterocycles. The van der Waals surface area contributed by atoms with E-state index in [-0.39, 0.29) is 6.77 Å². The van der Waals surface area contributed by atoms with Gasteiger partial charge in [-0.15, -0.1) is 0 Å². The summed E-state index contributed by atoms with van der Waals surface area (Å²) >= 11 is -0.687. The van der Waals surface area contributed by atoms with Gasteiger partial charge in [0, 0.05) is 0 Å². The zero-order chi connectivity index (χ0) is 5.15. The van der Waals surface area contributed by atoms with Crippen LogP contribution in [0.1, 0.15) is 0 Å². The Morgan fingerprint density at radius 2 is 2.40 bits per heavy atom. The molecule has 0 amide bonds. The van der Waals surface area contributed by atoms with E-state index in [1.807, 2.05) is 0 Å². The third-order valence-corrected chi connectivity index (χ3v) is 14.8. The van der Waals surface area contributed by atoms with Crippen molar-refractivity contribution >= 4 is 37.2 Å². The molecule has 4 unspecified atom stereocenters. The normalized spacial score (nSPS) is 24.2. The molecule has 0 saturated heterocycles. The van der Waals surface area contributed by atoms with Crippen molar-refractivity contribution < 1.29 is 0 Å². The third-order valence-electron chi connectivity index (χ3n) is 0.182. The van der Waals surface area contributed by atoms with Crippen LogP contribution < -0.4 is 0 Å². The average molecular weight is 190 g/mol. The molecule has 0 radical (unpaired) electrons. The molecule has 0 aliphatic rings. The Morgan fingerprint density at radius 1 is 2.20 bits per heavy atom. The molecule has 5 heavy (non-hydrogen) atoms. The second-order valence-electron chi connectivity index (χ2n) is 0.689. The van der Waals surface area contributed by atoms with Gasteiger partial charge in [0.05, 0.1) is 0 Å². The van der Waals surface area contributed by atoms with Crippen LogP contribution in [0.3, 0.4) is 0 Å². The van der Waals surface area contributed by atoms with E-state index in [1.54, 1.807) is 0 Å². The number of hydrogen-bond acceptors (Lipinski definition) is 0. The van der Waals surface area contributed by atoms with Crippen molar-refractivity contribution in [3.05, 3.63) is 0 Å². The minimum atomic E-state index is -0.687. The van der Waals surface area contributed by atoms with Gasteiger partial charge in [-0.1, -0.05) is 0 Å². The first-order chi connectivity index (χ1) is 2.64. The van der Waals surface area contributed by atoms with Crippen LogP contribution in [-0.2, 0) is 0 Å². The van der Waals surface area contributed by atoms with Gasteiger partial charge in [-0.05, 0) is 0 Å². The van der Waals surface area contributed by atoms with Gasteiger partial charge in [0.25, 0.3) is 0 Å². The van der Waals surface area contributed by atoms with Gasteiger partial charge >= 0.3 is 44.2 Å². The number of hydrogen-bond donors (Lipinski definition) is 0. The van der Waals surface area contributed by atoms with Crippen molar-refractivity contribution in [2.75, 3.05) is 0 Å². The molecular formula is CH8AsP3. The molecule has 0 aliphatic carbocycles. The Labute approximate surface area is 44.6 Å². The van der Waals surface area contributed by atoms with Crippen LogP contribution in [0.2, 0.25) is 5.71 Å². The Hall–Kier alpha value is 1.85. The predicted molar refractivity (Wildman–Crippen MR) is 39.4 cm³/mol. The molecule has 4 atom stereocenters. The monoisotopic (exact) mass is 190 g/mol. The van der Waals surface area contributed by atoms with Crippen LogP contribution in [0, 0.1) is 0 Å². The van der Waals surface area contributed by atoms with Gasteiger partial charge in [0.15, 0.2) is 0 Å². The summed E-state index contributed by atoms with van der Waals surface area (Å²) in [4.78, 5) is 0. The van der Waals surface area contributed by atoms with Gasteiger partial charge in [-0.25, -0.2) is 0 Å². The molecule has 0 rings (SSSR count). The van der Waals surface area contributed by atoms with E-state index in [9.17, 15) is 0 Å². The van der Waals surface area contributed by atoms with E-state index in [2.05, 4.69) is 22.4 Å². The Bertz CT molecular complexity index is 31.8. The first kappa shape index (κ1) is 4.99. The Kier molecular flexibility index (Phi) is 4.01. The van der Waals surface area contributed by atoms with Crippen molar-refractivity contribution in [1.29, 1.82) is 1.28 Å². The van der Waals surface area contributed by atoms with Crippen molar-refractivity contribution in [3.63, 3.8) is 0 Å².